The highest BCUT2D eigenvalue weighted by Crippen LogP contribution is 2.34. The summed E-state index contributed by atoms with van der Waals surface area (Å²) in [5, 5.41) is 9.60. The predicted molar refractivity (Wildman–Crippen MR) is 120 cm³/mol. The molecule has 2 aromatic carbocycles. The zero-order valence-electron chi connectivity index (χ0n) is 17.9. The van der Waals surface area contributed by atoms with E-state index < -0.39 is 23.8 Å². The third kappa shape index (κ3) is 5.23. The lowest BCUT2D eigenvalue weighted by Gasteiger charge is -2.14. The summed E-state index contributed by atoms with van der Waals surface area (Å²) in [5.41, 5.74) is 0.176. The van der Waals surface area contributed by atoms with Crippen molar-refractivity contribution in [1.29, 1.82) is 0 Å². The molecule has 34 heavy (non-hydrogen) atoms. The summed E-state index contributed by atoms with van der Waals surface area (Å²) in [4.78, 5) is 25.2. The number of rotatable bonds is 5. The van der Waals surface area contributed by atoms with Crippen molar-refractivity contribution < 1.29 is 27.5 Å². The quantitative estimate of drug-likeness (QED) is 0.511. The molecule has 0 spiro atoms. The minimum absolute atomic E-state index is 0.0301. The van der Waals surface area contributed by atoms with E-state index in [-0.39, 0.29) is 28.0 Å². The fourth-order valence-corrected chi connectivity index (χ4v) is 3.75. The third-order valence-electron chi connectivity index (χ3n) is 5.19. The van der Waals surface area contributed by atoms with Crippen LogP contribution in [0.4, 0.5) is 24.7 Å². The summed E-state index contributed by atoms with van der Waals surface area (Å²) in [5.74, 6) is -0.696. The van der Waals surface area contributed by atoms with E-state index in [9.17, 15) is 22.8 Å². The van der Waals surface area contributed by atoms with Crippen LogP contribution in [0.5, 0.6) is 0 Å². The smallest absolute Gasteiger partial charge is 0.368 e. The lowest BCUT2D eigenvalue weighted by Crippen LogP contribution is -2.27. The molecule has 0 aliphatic carbocycles. The maximum atomic E-state index is 13.2. The largest absolute Gasteiger partial charge is 0.416 e. The van der Waals surface area contributed by atoms with E-state index in [4.69, 9.17) is 16.3 Å². The minimum Gasteiger partial charge on any atom is -0.368 e. The Morgan fingerprint density at radius 3 is 2.65 bits per heavy atom. The first-order valence-electron chi connectivity index (χ1n) is 10.4. The second-order valence-electron chi connectivity index (χ2n) is 7.77. The Hall–Kier alpha value is -3.37. The number of nitrogens with zero attached hydrogens (tertiary/aromatic N) is 2. The first kappa shape index (κ1) is 23.8. The second-order valence-corrected chi connectivity index (χ2v) is 8.18. The molecule has 0 radical (unpaired) electrons. The summed E-state index contributed by atoms with van der Waals surface area (Å²) in [7, 11) is 0. The third-order valence-corrected chi connectivity index (χ3v) is 5.51. The zero-order valence-corrected chi connectivity index (χ0v) is 18.7. The number of alkyl halides is 3. The van der Waals surface area contributed by atoms with Crippen LogP contribution in [0.3, 0.4) is 0 Å². The van der Waals surface area contributed by atoms with E-state index in [1.54, 1.807) is 25.1 Å². The van der Waals surface area contributed by atoms with Gasteiger partial charge in [0.15, 0.2) is 0 Å². The highest BCUT2D eigenvalue weighted by molar-refractivity contribution is 6.32. The summed E-state index contributed by atoms with van der Waals surface area (Å²) in [6.07, 6.45) is -3.65. The van der Waals surface area contributed by atoms with E-state index >= 15 is 0 Å². The minimum atomic E-state index is -4.57. The van der Waals surface area contributed by atoms with Crippen LogP contribution in [0.15, 0.2) is 48.5 Å². The number of hydrogen-bond acceptors (Lipinski definition) is 4. The summed E-state index contributed by atoms with van der Waals surface area (Å²) >= 11 is 6.15. The Morgan fingerprint density at radius 2 is 1.94 bits per heavy atom. The Kier molecular flexibility index (Phi) is 6.63. The molecule has 1 saturated heterocycles. The number of anilines is 2. The van der Waals surface area contributed by atoms with Gasteiger partial charge in [0.25, 0.3) is 11.8 Å². The van der Waals surface area contributed by atoms with Crippen LogP contribution in [-0.2, 0) is 15.7 Å². The van der Waals surface area contributed by atoms with Gasteiger partial charge in [-0.25, -0.2) is 4.68 Å². The molecule has 0 bridgehead atoms. The number of nitrogens with one attached hydrogen (secondary N) is 2. The summed E-state index contributed by atoms with van der Waals surface area (Å²) in [6.45, 7) is 2.17. The van der Waals surface area contributed by atoms with Gasteiger partial charge in [0.05, 0.1) is 22.0 Å². The van der Waals surface area contributed by atoms with Gasteiger partial charge in [0.1, 0.15) is 11.9 Å². The van der Waals surface area contributed by atoms with Gasteiger partial charge >= 0.3 is 6.18 Å². The molecule has 2 amide bonds. The van der Waals surface area contributed by atoms with Crippen molar-refractivity contribution in [3.05, 3.63) is 70.4 Å². The van der Waals surface area contributed by atoms with Crippen LogP contribution in [-0.4, -0.2) is 34.3 Å². The Morgan fingerprint density at radius 1 is 1.15 bits per heavy atom. The normalized spacial score (nSPS) is 15.9. The van der Waals surface area contributed by atoms with E-state index in [0.29, 0.717) is 24.4 Å². The number of carbonyl (C=O) groups excluding carboxylic acids is 2. The van der Waals surface area contributed by atoms with Gasteiger partial charge in [-0.05, 0) is 56.2 Å². The Bertz CT molecular complexity index is 1240. The molecule has 1 aromatic heterocycles. The van der Waals surface area contributed by atoms with Crippen molar-refractivity contribution in [3.8, 4) is 5.69 Å². The fourth-order valence-electron chi connectivity index (χ4n) is 3.56. The zero-order chi connectivity index (χ0) is 24.5. The van der Waals surface area contributed by atoms with Gasteiger partial charge in [-0.1, -0.05) is 17.7 Å². The van der Waals surface area contributed by atoms with Gasteiger partial charge in [0, 0.05) is 23.9 Å². The molecule has 0 saturated carbocycles. The van der Waals surface area contributed by atoms with Gasteiger partial charge in [-0.3, -0.25) is 9.59 Å². The van der Waals surface area contributed by atoms with E-state index in [0.717, 1.165) is 29.3 Å². The lowest BCUT2D eigenvalue weighted by atomic mass is 10.1. The number of hydrogen-bond donors (Lipinski definition) is 2. The van der Waals surface area contributed by atoms with Gasteiger partial charge in [-0.15, -0.1) is 0 Å². The average Bonchev–Trinajstić information content (AvgIpc) is 3.43. The first-order valence-corrected chi connectivity index (χ1v) is 10.8. The lowest BCUT2D eigenvalue weighted by molar-refractivity contribution is -0.137. The van der Waals surface area contributed by atoms with Crippen molar-refractivity contribution in [3.63, 3.8) is 0 Å². The molecule has 11 heteroatoms. The van der Waals surface area contributed by atoms with Crippen molar-refractivity contribution in [2.24, 2.45) is 0 Å². The number of aromatic nitrogens is 2. The van der Waals surface area contributed by atoms with Crippen LogP contribution in [0.25, 0.3) is 5.69 Å². The van der Waals surface area contributed by atoms with Crippen LogP contribution < -0.4 is 10.6 Å². The second kappa shape index (κ2) is 9.47. The standard InChI is InChI=1S/C23H20ClF3N4O3/c1-13-10-20(31(30-13)18-12-15(23(25,26)27)7-8-17(18)24)29-21(32)14-4-2-5-16(11-14)28-22(33)19-6-3-9-34-19/h2,4-5,7-8,10-12,19H,3,6,9H2,1H3,(H,28,33)(H,29,32). The molecule has 1 unspecified atom stereocenters. The fraction of sp³-hybridized carbons (Fsp3) is 0.261. The maximum Gasteiger partial charge on any atom is 0.416 e. The highest BCUT2D eigenvalue weighted by atomic mass is 35.5. The molecule has 1 fully saturated rings. The van der Waals surface area contributed by atoms with Crippen LogP contribution in [0.2, 0.25) is 5.02 Å². The molecular weight excluding hydrogens is 473 g/mol. The molecule has 2 N–H and O–H groups in total. The molecule has 178 valence electrons. The topological polar surface area (TPSA) is 85.3 Å². The van der Waals surface area contributed by atoms with Crippen LogP contribution in [0, 0.1) is 6.92 Å². The molecule has 1 aliphatic heterocycles. The first-order chi connectivity index (χ1) is 16.1. The number of benzene rings is 2. The van der Waals surface area contributed by atoms with Crippen LogP contribution in [0.1, 0.15) is 34.5 Å². The van der Waals surface area contributed by atoms with E-state index in [1.807, 2.05) is 0 Å². The molecule has 2 heterocycles. The van der Waals surface area contributed by atoms with Crippen molar-refractivity contribution in [2.75, 3.05) is 17.2 Å². The maximum absolute atomic E-state index is 13.2. The molecule has 1 atom stereocenters. The molecule has 7 nitrogen and oxygen atoms in total. The SMILES string of the molecule is Cc1cc(NC(=O)c2cccc(NC(=O)C3CCCO3)c2)n(-c2cc(C(F)(F)F)ccc2Cl)n1. The van der Waals surface area contributed by atoms with Crippen molar-refractivity contribution in [1.82, 2.24) is 9.78 Å². The monoisotopic (exact) mass is 492 g/mol. The summed E-state index contributed by atoms with van der Waals surface area (Å²) in [6, 6.07) is 10.7. The molecular formula is C23H20ClF3N4O3. The molecule has 4 rings (SSSR count). The highest BCUT2D eigenvalue weighted by Gasteiger charge is 2.31. The number of ether oxygens (including phenoxy) is 1. The number of aryl methyl sites for hydroxylation is 1. The van der Waals surface area contributed by atoms with E-state index in [2.05, 4.69) is 15.7 Å². The molecule has 3 aromatic rings. The van der Waals surface area contributed by atoms with Gasteiger partial charge < -0.3 is 15.4 Å². The Balaban J connectivity index is 1.57. The van der Waals surface area contributed by atoms with E-state index in [1.165, 1.54) is 12.1 Å². The average molecular weight is 493 g/mol. The number of carbonyl (C=O) groups is 2. The Labute approximate surface area is 197 Å². The number of halogens is 4. The predicted octanol–water partition coefficient (Wildman–Crippen LogP) is 5.22. The molecule has 1 aliphatic rings. The van der Waals surface area contributed by atoms with Gasteiger partial charge in [-0.2, -0.15) is 18.3 Å². The van der Waals surface area contributed by atoms with Crippen LogP contribution >= 0.6 is 11.6 Å². The van der Waals surface area contributed by atoms with Gasteiger partial charge in [0.2, 0.25) is 0 Å². The van der Waals surface area contributed by atoms with Crippen molar-refractivity contribution in [2.45, 2.75) is 32.0 Å². The number of amides is 2. The summed E-state index contributed by atoms with van der Waals surface area (Å²) < 4.78 is 46.1. The van der Waals surface area contributed by atoms with Crippen molar-refractivity contribution >= 4 is 34.9 Å².